The number of amides is 1. The molecule has 1 amide bonds. The van der Waals surface area contributed by atoms with Gasteiger partial charge in [-0.05, 0) is 80.2 Å². The number of nitrogens with zero attached hydrogens (tertiary/aromatic N) is 4. The normalized spacial score (nSPS) is 16.5. The summed E-state index contributed by atoms with van der Waals surface area (Å²) in [4.78, 5) is 34.8. The fourth-order valence-corrected chi connectivity index (χ4v) is 5.18. The van der Waals surface area contributed by atoms with Gasteiger partial charge in [0.2, 0.25) is 0 Å². The average molecular weight is 574 g/mol. The van der Waals surface area contributed by atoms with Crippen LogP contribution in [0.15, 0.2) is 39.7 Å². The van der Waals surface area contributed by atoms with Gasteiger partial charge >= 0.3 is 6.09 Å². The number of aryl methyl sites for hydroxylation is 1. The van der Waals surface area contributed by atoms with E-state index in [2.05, 4.69) is 20.9 Å². The fraction of sp³-hybridized carbons (Fsp3) is 0.464. The molecular weight excluding hydrogens is 539 g/mol. The molecule has 7 nitrogen and oxygen atoms in total. The Morgan fingerprint density at radius 1 is 1.22 bits per heavy atom. The van der Waals surface area contributed by atoms with E-state index >= 15 is 0 Å². The molecule has 198 valence electrons. The van der Waals surface area contributed by atoms with Gasteiger partial charge in [0.1, 0.15) is 11.4 Å². The molecular formula is C28H34BrFN4O3. The van der Waals surface area contributed by atoms with E-state index < -0.39 is 11.4 Å². The number of anilines is 1. The number of carbonyl (C=O) groups excluding carboxylic acids is 1. The van der Waals surface area contributed by atoms with Crippen LogP contribution in [0.2, 0.25) is 0 Å². The number of rotatable bonds is 3. The summed E-state index contributed by atoms with van der Waals surface area (Å²) in [5.74, 6) is -0.325. The largest absolute Gasteiger partial charge is 0.444 e. The third kappa shape index (κ3) is 5.37. The molecule has 9 heteroatoms. The topological polar surface area (TPSA) is 67.7 Å². The number of halogens is 2. The van der Waals surface area contributed by atoms with Crippen LogP contribution in [0.1, 0.15) is 58.7 Å². The third-order valence-electron chi connectivity index (χ3n) is 6.56. The fourth-order valence-electron chi connectivity index (χ4n) is 4.85. The van der Waals surface area contributed by atoms with Crippen molar-refractivity contribution in [2.24, 2.45) is 0 Å². The first-order valence-corrected chi connectivity index (χ1v) is 13.3. The van der Waals surface area contributed by atoms with Crippen molar-refractivity contribution >= 4 is 38.6 Å². The molecule has 1 aliphatic heterocycles. The first-order valence-electron chi connectivity index (χ1n) is 12.5. The highest BCUT2D eigenvalue weighted by Gasteiger charge is 2.32. The van der Waals surface area contributed by atoms with E-state index in [9.17, 15) is 14.0 Å². The summed E-state index contributed by atoms with van der Waals surface area (Å²) in [6, 6.07) is 6.42. The number of piperazine rings is 1. The van der Waals surface area contributed by atoms with Crippen molar-refractivity contribution in [2.45, 2.75) is 66.0 Å². The van der Waals surface area contributed by atoms with Gasteiger partial charge in [0.25, 0.3) is 5.56 Å². The molecule has 1 aromatic carbocycles. The summed E-state index contributed by atoms with van der Waals surface area (Å²) in [7, 11) is 0. The Labute approximate surface area is 225 Å². The molecule has 0 spiro atoms. The van der Waals surface area contributed by atoms with Crippen molar-refractivity contribution in [2.75, 3.05) is 24.5 Å². The summed E-state index contributed by atoms with van der Waals surface area (Å²) < 4.78 is 22.4. The number of carbonyl (C=O) groups is 1. The number of hydrogen-bond donors (Lipinski definition) is 0. The van der Waals surface area contributed by atoms with Crippen LogP contribution in [0.5, 0.6) is 0 Å². The molecule has 0 bridgehead atoms. The van der Waals surface area contributed by atoms with Crippen LogP contribution in [-0.2, 0) is 4.74 Å². The van der Waals surface area contributed by atoms with E-state index in [0.29, 0.717) is 36.2 Å². The highest BCUT2D eigenvalue weighted by molar-refractivity contribution is 9.10. The predicted molar refractivity (Wildman–Crippen MR) is 148 cm³/mol. The molecule has 1 saturated heterocycles. The van der Waals surface area contributed by atoms with Crippen molar-refractivity contribution < 1.29 is 13.9 Å². The number of pyridine rings is 2. The van der Waals surface area contributed by atoms with Crippen LogP contribution >= 0.6 is 15.9 Å². The summed E-state index contributed by atoms with van der Waals surface area (Å²) in [5, 5.41) is 0.621. The second kappa shape index (κ2) is 10.1. The van der Waals surface area contributed by atoms with Gasteiger partial charge in [-0.3, -0.25) is 14.3 Å². The minimum atomic E-state index is -0.584. The quantitative estimate of drug-likeness (QED) is 0.375. The Bertz CT molecular complexity index is 1410. The van der Waals surface area contributed by atoms with E-state index in [1.165, 1.54) is 6.07 Å². The smallest absolute Gasteiger partial charge is 0.410 e. The van der Waals surface area contributed by atoms with Gasteiger partial charge < -0.3 is 14.5 Å². The molecule has 1 aliphatic rings. The van der Waals surface area contributed by atoms with Crippen LogP contribution in [0.4, 0.5) is 14.9 Å². The Kier molecular flexibility index (Phi) is 7.38. The van der Waals surface area contributed by atoms with Gasteiger partial charge in [-0.2, -0.15) is 0 Å². The highest BCUT2D eigenvalue weighted by Crippen LogP contribution is 2.34. The van der Waals surface area contributed by atoms with Gasteiger partial charge in [-0.25, -0.2) is 9.18 Å². The Balaban J connectivity index is 1.83. The first-order chi connectivity index (χ1) is 17.3. The van der Waals surface area contributed by atoms with Gasteiger partial charge in [-0.1, -0.05) is 13.8 Å². The summed E-state index contributed by atoms with van der Waals surface area (Å²) in [5.41, 5.74) is 2.87. The zero-order valence-corrected chi connectivity index (χ0v) is 24.0. The summed E-state index contributed by atoms with van der Waals surface area (Å²) >= 11 is 3.31. The molecule has 0 N–H and O–H groups in total. The molecule has 0 unspecified atom stereocenters. The number of benzene rings is 1. The van der Waals surface area contributed by atoms with E-state index in [1.54, 1.807) is 27.8 Å². The monoisotopic (exact) mass is 572 g/mol. The second-order valence-electron chi connectivity index (χ2n) is 11.0. The van der Waals surface area contributed by atoms with Crippen molar-refractivity contribution in [3.63, 3.8) is 0 Å². The van der Waals surface area contributed by atoms with Crippen LogP contribution in [0.3, 0.4) is 0 Å². The van der Waals surface area contributed by atoms with Gasteiger partial charge in [0.15, 0.2) is 0 Å². The van der Waals surface area contributed by atoms with Crippen molar-refractivity contribution in [3.05, 3.63) is 62.4 Å². The van der Waals surface area contributed by atoms with E-state index in [1.807, 2.05) is 59.4 Å². The van der Waals surface area contributed by atoms with Crippen LogP contribution in [-0.4, -0.2) is 51.8 Å². The van der Waals surface area contributed by atoms with Crippen LogP contribution in [0, 0.1) is 12.7 Å². The molecule has 1 atom stereocenters. The molecule has 37 heavy (non-hydrogen) atoms. The Morgan fingerprint density at radius 2 is 1.92 bits per heavy atom. The number of aromatic nitrogens is 2. The maximum absolute atomic E-state index is 14.9. The van der Waals surface area contributed by atoms with Crippen molar-refractivity contribution in [1.29, 1.82) is 0 Å². The zero-order chi connectivity index (χ0) is 27.2. The SMILES string of the molecule is Cc1ccnc(C(C)C)c1-n1c(=O)cc(N2CCN(C(=O)OC(C)(C)C)[C@@H](C)C2)c2cc(F)c(Br)cc21. The summed E-state index contributed by atoms with van der Waals surface area (Å²) in [6.45, 7) is 14.9. The number of fused-ring (bicyclic) bond motifs is 1. The van der Waals surface area contributed by atoms with Crippen LogP contribution < -0.4 is 10.5 Å². The molecule has 3 heterocycles. The minimum Gasteiger partial charge on any atom is -0.444 e. The third-order valence-corrected chi connectivity index (χ3v) is 7.16. The molecule has 0 aliphatic carbocycles. The lowest BCUT2D eigenvalue weighted by molar-refractivity contribution is 0.0159. The average Bonchev–Trinajstić information content (AvgIpc) is 2.79. The van der Waals surface area contributed by atoms with Gasteiger partial charge in [0, 0.05) is 43.3 Å². The molecule has 1 fully saturated rings. The van der Waals surface area contributed by atoms with Crippen molar-refractivity contribution in [1.82, 2.24) is 14.5 Å². The Hall–Kier alpha value is -2.94. The summed E-state index contributed by atoms with van der Waals surface area (Å²) in [6.07, 6.45) is 1.39. The lowest BCUT2D eigenvalue weighted by atomic mass is 10.0. The van der Waals surface area contributed by atoms with E-state index in [4.69, 9.17) is 4.74 Å². The first kappa shape index (κ1) is 27.1. The number of ether oxygens (including phenoxy) is 1. The second-order valence-corrected chi connectivity index (χ2v) is 11.8. The lowest BCUT2D eigenvalue weighted by Crippen LogP contribution is -2.55. The molecule has 4 rings (SSSR count). The lowest BCUT2D eigenvalue weighted by Gasteiger charge is -2.41. The highest BCUT2D eigenvalue weighted by atomic mass is 79.9. The molecule has 0 saturated carbocycles. The molecule has 3 aromatic rings. The standard InChI is InChI=1S/C28H34BrFN4O3/c1-16(2)25-26(17(3)8-9-31-25)34-23-13-20(29)21(30)12-19(23)22(14-24(34)35)32-10-11-33(18(4)15-32)27(36)37-28(5,6)7/h8-9,12-14,16,18H,10-11,15H2,1-7H3/t18-/m0/s1. The maximum atomic E-state index is 14.9. The van der Waals surface area contributed by atoms with Gasteiger partial charge in [0.05, 0.1) is 27.1 Å². The minimum absolute atomic E-state index is 0.0854. The van der Waals surface area contributed by atoms with Crippen LogP contribution in [0.25, 0.3) is 16.6 Å². The zero-order valence-electron chi connectivity index (χ0n) is 22.4. The van der Waals surface area contributed by atoms with E-state index in [-0.39, 0.29) is 28.1 Å². The predicted octanol–water partition coefficient (Wildman–Crippen LogP) is 6.16. The van der Waals surface area contributed by atoms with E-state index in [0.717, 1.165) is 16.9 Å². The molecule has 0 radical (unpaired) electrons. The Morgan fingerprint density at radius 3 is 2.54 bits per heavy atom. The van der Waals surface area contributed by atoms with Gasteiger partial charge in [-0.15, -0.1) is 0 Å². The molecule has 2 aromatic heterocycles. The number of hydrogen-bond acceptors (Lipinski definition) is 5. The van der Waals surface area contributed by atoms with Crippen molar-refractivity contribution in [3.8, 4) is 5.69 Å². The maximum Gasteiger partial charge on any atom is 0.410 e.